The molecule has 1 rings (SSSR count). The van der Waals surface area contributed by atoms with Crippen molar-refractivity contribution in [3.8, 4) is 11.5 Å². The van der Waals surface area contributed by atoms with E-state index < -0.39 is 0 Å². The smallest absolute Gasteiger partial charge is 0.873 e. The molecular weight excluding hydrogens is 235 g/mol. The first-order valence-electron chi connectivity index (χ1n) is 5.18. The molecule has 86 valence electrons. The Morgan fingerprint density at radius 3 is 2.33 bits per heavy atom. The molecular formula is C12H16NiO2. The number of hydrogen-bond donors (Lipinski definition) is 0. The summed E-state index contributed by atoms with van der Waals surface area (Å²) in [5.74, 6) is -0.661. The number of aryl methyl sites for hydroxylation is 2. The molecule has 0 amide bonds. The van der Waals surface area contributed by atoms with Crippen LogP contribution in [0.1, 0.15) is 37.8 Å². The maximum Gasteiger partial charge on any atom is 2.00 e. The minimum absolute atomic E-state index is 0. The first-order valence-corrected chi connectivity index (χ1v) is 5.18. The van der Waals surface area contributed by atoms with E-state index in [1.54, 1.807) is 0 Å². The molecule has 0 heterocycles. The van der Waals surface area contributed by atoms with Crippen LogP contribution in [0.25, 0.3) is 0 Å². The molecule has 0 aliphatic carbocycles. The molecule has 0 saturated carbocycles. The van der Waals surface area contributed by atoms with E-state index in [0.717, 1.165) is 31.2 Å². The van der Waals surface area contributed by atoms with Crippen molar-refractivity contribution in [2.45, 2.75) is 39.5 Å². The molecule has 15 heavy (non-hydrogen) atoms. The molecule has 0 aromatic heterocycles. The standard InChI is InChI=1S/C12H18O2.Ni/c1-3-5-6-10-7-9(4-2)8-11(13)12(10)14;/h7-8,13-14H,3-6H2,1-2H3;/q;+2/p-2. The summed E-state index contributed by atoms with van der Waals surface area (Å²) in [5, 5.41) is 22.7. The van der Waals surface area contributed by atoms with Gasteiger partial charge in [0.1, 0.15) is 0 Å². The van der Waals surface area contributed by atoms with Crippen LogP contribution >= 0.6 is 0 Å². The summed E-state index contributed by atoms with van der Waals surface area (Å²) in [4.78, 5) is 0. The van der Waals surface area contributed by atoms with E-state index in [9.17, 15) is 10.2 Å². The van der Waals surface area contributed by atoms with Crippen LogP contribution in [0.2, 0.25) is 0 Å². The summed E-state index contributed by atoms with van der Waals surface area (Å²) in [6, 6.07) is 3.33. The minimum atomic E-state index is -0.351. The Morgan fingerprint density at radius 1 is 1.13 bits per heavy atom. The normalized spacial score (nSPS) is 9.73. The Balaban J connectivity index is 0.00000196. The average molecular weight is 251 g/mol. The Hall–Kier alpha value is -0.686. The van der Waals surface area contributed by atoms with Gasteiger partial charge in [0.15, 0.2) is 0 Å². The van der Waals surface area contributed by atoms with Crippen LogP contribution in [0.15, 0.2) is 12.1 Å². The molecule has 0 saturated heterocycles. The maximum atomic E-state index is 11.4. The Labute approximate surface area is 101 Å². The van der Waals surface area contributed by atoms with Gasteiger partial charge in [0, 0.05) is 0 Å². The molecule has 0 aliphatic rings. The average Bonchev–Trinajstić information content (AvgIpc) is 2.20. The van der Waals surface area contributed by atoms with Gasteiger partial charge in [0.05, 0.1) is 0 Å². The molecule has 0 bridgehead atoms. The zero-order valence-electron chi connectivity index (χ0n) is 9.12. The van der Waals surface area contributed by atoms with E-state index in [2.05, 4.69) is 6.92 Å². The van der Waals surface area contributed by atoms with E-state index in [4.69, 9.17) is 0 Å². The Bertz CT molecular complexity index is 311. The van der Waals surface area contributed by atoms with Crippen LogP contribution < -0.4 is 10.2 Å². The van der Waals surface area contributed by atoms with Crippen molar-refractivity contribution in [1.82, 2.24) is 0 Å². The largest absolute Gasteiger partial charge is 2.00 e. The SMILES string of the molecule is CCCCc1cc(CC)cc([O-])c1[O-].[Ni+2]. The predicted octanol–water partition coefficient (Wildman–Crippen LogP) is 1.74. The zero-order chi connectivity index (χ0) is 10.6. The second kappa shape index (κ2) is 6.73. The fraction of sp³-hybridized carbons (Fsp3) is 0.500. The fourth-order valence-electron chi connectivity index (χ4n) is 1.48. The van der Waals surface area contributed by atoms with Crippen molar-refractivity contribution in [2.24, 2.45) is 0 Å². The number of unbranched alkanes of at least 4 members (excludes halogenated alkanes) is 1. The summed E-state index contributed by atoms with van der Waals surface area (Å²) < 4.78 is 0. The summed E-state index contributed by atoms with van der Waals surface area (Å²) in [6.45, 7) is 4.06. The second-order valence-corrected chi connectivity index (χ2v) is 3.54. The Morgan fingerprint density at radius 2 is 1.80 bits per heavy atom. The summed E-state index contributed by atoms with van der Waals surface area (Å²) in [5.41, 5.74) is 1.66. The van der Waals surface area contributed by atoms with Crippen LogP contribution in [-0.4, -0.2) is 0 Å². The van der Waals surface area contributed by atoms with E-state index in [-0.39, 0.29) is 28.0 Å². The third-order valence-corrected chi connectivity index (χ3v) is 2.40. The first kappa shape index (κ1) is 14.3. The van der Waals surface area contributed by atoms with Crippen LogP contribution in [0, 0.1) is 0 Å². The molecule has 0 atom stereocenters. The molecule has 1 aromatic carbocycles. The summed E-state index contributed by atoms with van der Waals surface area (Å²) in [6.07, 6.45) is 3.57. The molecule has 0 fully saturated rings. The van der Waals surface area contributed by atoms with Crippen molar-refractivity contribution in [1.29, 1.82) is 0 Å². The van der Waals surface area contributed by atoms with Crippen molar-refractivity contribution in [3.63, 3.8) is 0 Å². The monoisotopic (exact) mass is 250 g/mol. The third-order valence-electron chi connectivity index (χ3n) is 2.40. The quantitative estimate of drug-likeness (QED) is 0.765. The van der Waals surface area contributed by atoms with E-state index in [1.165, 1.54) is 6.07 Å². The van der Waals surface area contributed by atoms with Gasteiger partial charge in [-0.1, -0.05) is 38.0 Å². The van der Waals surface area contributed by atoms with Crippen LogP contribution in [0.5, 0.6) is 11.5 Å². The molecule has 3 heteroatoms. The topological polar surface area (TPSA) is 46.1 Å². The number of benzene rings is 1. The molecule has 0 unspecified atom stereocenters. The van der Waals surface area contributed by atoms with Crippen LogP contribution in [0.4, 0.5) is 0 Å². The van der Waals surface area contributed by atoms with E-state index >= 15 is 0 Å². The third kappa shape index (κ3) is 3.75. The van der Waals surface area contributed by atoms with Gasteiger partial charge in [0.2, 0.25) is 0 Å². The minimum Gasteiger partial charge on any atom is -0.873 e. The Kier molecular flexibility index (Phi) is 6.43. The zero-order valence-corrected chi connectivity index (χ0v) is 10.1. The second-order valence-electron chi connectivity index (χ2n) is 3.54. The number of rotatable bonds is 4. The van der Waals surface area contributed by atoms with Crippen LogP contribution in [0.3, 0.4) is 0 Å². The summed E-state index contributed by atoms with van der Waals surface area (Å²) in [7, 11) is 0. The van der Waals surface area contributed by atoms with Gasteiger partial charge < -0.3 is 10.2 Å². The van der Waals surface area contributed by atoms with Gasteiger partial charge in [-0.05, 0) is 24.8 Å². The van der Waals surface area contributed by atoms with Gasteiger partial charge in [-0.2, -0.15) is 0 Å². The van der Waals surface area contributed by atoms with Crippen molar-refractivity contribution >= 4 is 0 Å². The van der Waals surface area contributed by atoms with Crippen LogP contribution in [-0.2, 0) is 29.3 Å². The van der Waals surface area contributed by atoms with E-state index in [1.807, 2.05) is 13.0 Å². The summed E-state index contributed by atoms with van der Waals surface area (Å²) >= 11 is 0. The van der Waals surface area contributed by atoms with Gasteiger partial charge in [-0.15, -0.1) is 11.5 Å². The molecule has 0 radical (unpaired) electrons. The van der Waals surface area contributed by atoms with Crippen molar-refractivity contribution < 1.29 is 26.7 Å². The number of hydrogen-bond acceptors (Lipinski definition) is 2. The van der Waals surface area contributed by atoms with Gasteiger partial charge in [0.25, 0.3) is 0 Å². The molecule has 0 N–H and O–H groups in total. The van der Waals surface area contributed by atoms with Gasteiger partial charge in [-0.3, -0.25) is 0 Å². The van der Waals surface area contributed by atoms with E-state index in [0.29, 0.717) is 5.56 Å². The van der Waals surface area contributed by atoms with Crippen molar-refractivity contribution in [2.75, 3.05) is 0 Å². The van der Waals surface area contributed by atoms with Gasteiger partial charge >= 0.3 is 16.5 Å². The molecule has 0 aliphatic heterocycles. The first-order chi connectivity index (χ1) is 6.69. The van der Waals surface area contributed by atoms with Crippen molar-refractivity contribution in [3.05, 3.63) is 23.3 Å². The maximum absolute atomic E-state index is 11.4. The fourth-order valence-corrected chi connectivity index (χ4v) is 1.48. The van der Waals surface area contributed by atoms with Gasteiger partial charge in [-0.25, -0.2) is 0 Å². The molecule has 1 aromatic rings. The molecule has 2 nitrogen and oxygen atoms in total. The molecule has 0 spiro atoms. The predicted molar refractivity (Wildman–Crippen MR) is 53.3 cm³/mol.